The first-order chi connectivity index (χ1) is 8.15. The average Bonchev–Trinajstić information content (AvgIpc) is 2.29. The Morgan fingerprint density at radius 2 is 2.24 bits per heavy atom. The Hall–Kier alpha value is -1.52. The lowest BCUT2D eigenvalue weighted by Crippen LogP contribution is -2.46. The molecule has 0 spiro atoms. The van der Waals surface area contributed by atoms with Gasteiger partial charge in [-0.2, -0.15) is 0 Å². The number of allylic oxidation sites excluding steroid dienone is 1. The van der Waals surface area contributed by atoms with Gasteiger partial charge in [-0.25, -0.2) is 0 Å². The highest BCUT2D eigenvalue weighted by Crippen LogP contribution is 2.11. The summed E-state index contributed by atoms with van der Waals surface area (Å²) >= 11 is 0. The quantitative estimate of drug-likeness (QED) is 0.732. The van der Waals surface area contributed by atoms with Crippen molar-refractivity contribution in [1.82, 2.24) is 15.5 Å². The van der Waals surface area contributed by atoms with Gasteiger partial charge in [-0.05, 0) is 25.8 Å². The van der Waals surface area contributed by atoms with E-state index in [4.69, 9.17) is 0 Å². The average molecular weight is 236 g/mol. The normalized spacial score (nSPS) is 21.4. The molecule has 0 aliphatic carbocycles. The Morgan fingerprint density at radius 1 is 1.53 bits per heavy atom. The summed E-state index contributed by atoms with van der Waals surface area (Å²) in [6, 6.07) is 0.454. The lowest BCUT2D eigenvalue weighted by molar-refractivity contribution is -0.129. The van der Waals surface area contributed by atoms with Crippen LogP contribution in [0.3, 0.4) is 0 Å². The number of hydrogen-bond acceptors (Lipinski definition) is 4. The summed E-state index contributed by atoms with van der Waals surface area (Å²) in [6.45, 7) is 6.00. The molecule has 0 unspecified atom stereocenters. The predicted octanol–water partition coefficient (Wildman–Crippen LogP) is 0.450. The molecule has 5 nitrogen and oxygen atoms in total. The van der Waals surface area contributed by atoms with Gasteiger partial charge in [-0.3, -0.25) is 9.79 Å². The smallest absolute Gasteiger partial charge is 0.219 e. The highest BCUT2D eigenvalue weighted by Gasteiger charge is 2.21. The van der Waals surface area contributed by atoms with Crippen LogP contribution in [0.5, 0.6) is 0 Å². The minimum atomic E-state index is 0.182. The van der Waals surface area contributed by atoms with Gasteiger partial charge in [0, 0.05) is 31.8 Å². The van der Waals surface area contributed by atoms with Crippen molar-refractivity contribution in [3.05, 3.63) is 11.9 Å². The molecule has 0 saturated carbocycles. The number of aliphatic imine (C=N–C) groups is 1. The van der Waals surface area contributed by atoms with E-state index in [0.717, 1.165) is 37.5 Å². The molecule has 1 saturated heterocycles. The van der Waals surface area contributed by atoms with E-state index in [1.54, 1.807) is 6.92 Å². The third kappa shape index (κ3) is 3.22. The molecule has 0 atom stereocenters. The summed E-state index contributed by atoms with van der Waals surface area (Å²) in [6.07, 6.45) is 4.05. The highest BCUT2D eigenvalue weighted by molar-refractivity contribution is 5.93. The van der Waals surface area contributed by atoms with E-state index in [1.807, 2.05) is 17.9 Å². The third-order valence-corrected chi connectivity index (χ3v) is 3.25. The molecule has 2 N–H and O–H groups in total. The van der Waals surface area contributed by atoms with Crippen molar-refractivity contribution in [1.29, 1.82) is 0 Å². The van der Waals surface area contributed by atoms with Crippen molar-refractivity contribution in [2.45, 2.75) is 32.7 Å². The number of piperidine rings is 1. The van der Waals surface area contributed by atoms with Gasteiger partial charge in [-0.15, -0.1) is 0 Å². The van der Waals surface area contributed by atoms with Crippen molar-refractivity contribution in [3.8, 4) is 0 Å². The van der Waals surface area contributed by atoms with Crippen LogP contribution in [0.25, 0.3) is 0 Å². The zero-order valence-electron chi connectivity index (χ0n) is 10.5. The standard InChI is InChI=1S/C12H20N4O/c1-9-7-12(14-8-13-9)15-11-3-5-16(6-4-11)10(2)17/h7,11,14-15H,3-6,8H2,1-2H3. The molecule has 1 amide bonds. The number of rotatable bonds is 2. The van der Waals surface area contributed by atoms with Gasteiger partial charge in [0.05, 0.1) is 0 Å². The molecule has 0 aromatic carbocycles. The second-order valence-corrected chi connectivity index (χ2v) is 4.62. The molecule has 5 heteroatoms. The van der Waals surface area contributed by atoms with Crippen LogP contribution in [-0.2, 0) is 4.79 Å². The lowest BCUT2D eigenvalue weighted by atomic mass is 10.1. The highest BCUT2D eigenvalue weighted by atomic mass is 16.2. The van der Waals surface area contributed by atoms with Gasteiger partial charge in [0.25, 0.3) is 0 Å². The van der Waals surface area contributed by atoms with Crippen LogP contribution in [0.2, 0.25) is 0 Å². The molecule has 2 aliphatic heterocycles. The van der Waals surface area contributed by atoms with E-state index in [9.17, 15) is 4.79 Å². The Morgan fingerprint density at radius 3 is 2.82 bits per heavy atom. The van der Waals surface area contributed by atoms with Crippen LogP contribution < -0.4 is 10.6 Å². The van der Waals surface area contributed by atoms with Crippen LogP contribution in [0.15, 0.2) is 16.9 Å². The number of nitrogens with one attached hydrogen (secondary N) is 2. The summed E-state index contributed by atoms with van der Waals surface area (Å²) in [5, 5.41) is 6.69. The molecule has 2 rings (SSSR count). The molecular formula is C12H20N4O. The number of carbonyl (C=O) groups excluding carboxylic acids is 1. The first-order valence-corrected chi connectivity index (χ1v) is 6.14. The Labute approximate surface area is 102 Å². The second kappa shape index (κ2) is 5.21. The van der Waals surface area contributed by atoms with E-state index >= 15 is 0 Å². The maximum absolute atomic E-state index is 11.2. The van der Waals surface area contributed by atoms with E-state index in [-0.39, 0.29) is 5.91 Å². The molecule has 2 aliphatic rings. The van der Waals surface area contributed by atoms with Crippen molar-refractivity contribution in [2.75, 3.05) is 19.8 Å². The van der Waals surface area contributed by atoms with Crippen LogP contribution in [-0.4, -0.2) is 42.3 Å². The maximum Gasteiger partial charge on any atom is 0.219 e. The van der Waals surface area contributed by atoms with Gasteiger partial charge in [0.1, 0.15) is 12.5 Å². The molecule has 2 heterocycles. The van der Waals surface area contributed by atoms with Crippen LogP contribution in [0, 0.1) is 0 Å². The Kier molecular flexibility index (Phi) is 3.66. The van der Waals surface area contributed by atoms with E-state index < -0.39 is 0 Å². The molecule has 17 heavy (non-hydrogen) atoms. The van der Waals surface area contributed by atoms with Crippen molar-refractivity contribution >= 4 is 11.6 Å². The molecule has 0 aromatic rings. The van der Waals surface area contributed by atoms with Gasteiger partial charge in [0.15, 0.2) is 0 Å². The minimum Gasteiger partial charge on any atom is -0.369 e. The first-order valence-electron chi connectivity index (χ1n) is 6.14. The SMILES string of the molecule is CC(=O)N1CCC(NC2=CC(C)=NCN2)CC1. The molecule has 0 bridgehead atoms. The maximum atomic E-state index is 11.2. The minimum absolute atomic E-state index is 0.182. The number of likely N-dealkylation sites (tertiary alicyclic amines) is 1. The Balaban J connectivity index is 1.82. The van der Waals surface area contributed by atoms with E-state index in [1.165, 1.54) is 0 Å². The lowest BCUT2D eigenvalue weighted by Gasteiger charge is -2.33. The summed E-state index contributed by atoms with van der Waals surface area (Å²) < 4.78 is 0. The van der Waals surface area contributed by atoms with E-state index in [2.05, 4.69) is 15.6 Å². The van der Waals surface area contributed by atoms with E-state index in [0.29, 0.717) is 12.7 Å². The second-order valence-electron chi connectivity index (χ2n) is 4.62. The number of nitrogens with zero attached hydrogens (tertiary/aromatic N) is 2. The van der Waals surface area contributed by atoms with Gasteiger partial charge in [-0.1, -0.05) is 0 Å². The van der Waals surface area contributed by atoms with Gasteiger partial charge >= 0.3 is 0 Å². The summed E-state index contributed by atoms with van der Waals surface area (Å²) in [5.41, 5.74) is 1.05. The number of amides is 1. The fraction of sp³-hybridized carbons (Fsp3) is 0.667. The summed E-state index contributed by atoms with van der Waals surface area (Å²) in [5.74, 6) is 1.24. The monoisotopic (exact) mass is 236 g/mol. The fourth-order valence-electron chi connectivity index (χ4n) is 2.21. The third-order valence-electron chi connectivity index (χ3n) is 3.25. The first kappa shape index (κ1) is 12.0. The van der Waals surface area contributed by atoms with Crippen molar-refractivity contribution in [3.63, 3.8) is 0 Å². The molecule has 0 radical (unpaired) electrons. The van der Waals surface area contributed by atoms with Gasteiger partial charge in [0.2, 0.25) is 5.91 Å². The topological polar surface area (TPSA) is 56.7 Å². The zero-order chi connectivity index (χ0) is 12.3. The predicted molar refractivity (Wildman–Crippen MR) is 67.6 cm³/mol. The summed E-state index contributed by atoms with van der Waals surface area (Å²) in [4.78, 5) is 17.4. The van der Waals surface area contributed by atoms with Crippen LogP contribution >= 0.6 is 0 Å². The number of hydrogen-bond donors (Lipinski definition) is 2. The molecule has 1 fully saturated rings. The largest absolute Gasteiger partial charge is 0.369 e. The Bertz CT molecular complexity index is 354. The molecule has 94 valence electrons. The van der Waals surface area contributed by atoms with Crippen LogP contribution in [0.4, 0.5) is 0 Å². The summed E-state index contributed by atoms with van der Waals surface area (Å²) in [7, 11) is 0. The van der Waals surface area contributed by atoms with Crippen LogP contribution in [0.1, 0.15) is 26.7 Å². The number of carbonyl (C=O) groups is 1. The van der Waals surface area contributed by atoms with Gasteiger partial charge < -0.3 is 15.5 Å². The molecule has 0 aromatic heterocycles. The molecular weight excluding hydrogens is 216 g/mol. The fourth-order valence-corrected chi connectivity index (χ4v) is 2.21. The van der Waals surface area contributed by atoms with Crippen molar-refractivity contribution in [2.24, 2.45) is 4.99 Å². The van der Waals surface area contributed by atoms with Crippen molar-refractivity contribution < 1.29 is 4.79 Å². The zero-order valence-corrected chi connectivity index (χ0v) is 10.5.